The average Bonchev–Trinajstić information content (AvgIpc) is 2.11. The van der Waals surface area contributed by atoms with Crippen LogP contribution in [-0.4, -0.2) is 21.5 Å². The summed E-state index contributed by atoms with van der Waals surface area (Å²) in [5.41, 5.74) is 0. The van der Waals surface area contributed by atoms with Crippen LogP contribution in [-0.2, 0) is 13.4 Å². The maximum absolute atomic E-state index is 9.44. The first-order valence-corrected chi connectivity index (χ1v) is 7.31. The highest BCUT2D eigenvalue weighted by Gasteiger charge is 1.93. The van der Waals surface area contributed by atoms with E-state index in [1.165, 1.54) is 25.7 Å². The minimum Gasteiger partial charge on any atom is -0.396 e. The van der Waals surface area contributed by atoms with Gasteiger partial charge in [-0.05, 0) is 6.42 Å². The van der Waals surface area contributed by atoms with Crippen molar-refractivity contribution in [1.82, 2.24) is 12.3 Å². The Morgan fingerprint density at radius 2 is 1.35 bits per heavy atom. The molecule has 0 aromatic carbocycles. The topological polar surface area (TPSA) is 174 Å². The molecule has 0 rings (SSSR count). The standard InChI is InChI=1S/C7H16O.2H3N.H4O5P2/c1-2-3-4-5-6-7-8;;;1-6(2)5-7(3)4/h8H,2-7H2,1H3;2*1H3;6-7H,(H,1,2)(H,3,4). The van der Waals surface area contributed by atoms with Gasteiger partial charge < -0.3 is 27.2 Å². The van der Waals surface area contributed by atoms with E-state index in [-0.39, 0.29) is 12.3 Å². The number of aliphatic hydroxyl groups excluding tert-OH is 1. The first kappa shape index (κ1) is 25.9. The summed E-state index contributed by atoms with van der Waals surface area (Å²) in [6.07, 6.45) is 6.08. The summed E-state index contributed by atoms with van der Waals surface area (Å²) in [6.45, 7) is 2.56. The Kier molecular flexibility index (Phi) is 32.8. The van der Waals surface area contributed by atoms with Crippen molar-refractivity contribution >= 4 is 16.5 Å². The maximum Gasteiger partial charge on any atom is 0.323 e. The fraction of sp³-hybridized carbons (Fsp3) is 1.00. The average molecular weight is 296 g/mol. The molecule has 110 valence electrons. The van der Waals surface area contributed by atoms with E-state index >= 15 is 0 Å². The van der Waals surface area contributed by atoms with Crippen molar-refractivity contribution in [2.45, 2.75) is 39.0 Å². The second kappa shape index (κ2) is 21.5. The Bertz CT molecular complexity index is 166. The van der Waals surface area contributed by atoms with E-state index in [9.17, 15) is 9.13 Å². The van der Waals surface area contributed by atoms with Crippen molar-refractivity contribution in [1.29, 1.82) is 0 Å². The minimum atomic E-state index is -3.20. The molecule has 0 spiro atoms. The highest BCUT2D eigenvalue weighted by atomic mass is 31.2. The highest BCUT2D eigenvalue weighted by molar-refractivity contribution is 7.46. The van der Waals surface area contributed by atoms with Gasteiger partial charge in [-0.2, -0.15) is 0 Å². The zero-order valence-corrected chi connectivity index (χ0v) is 12.2. The summed E-state index contributed by atoms with van der Waals surface area (Å²) in [7, 11) is -6.40. The van der Waals surface area contributed by atoms with Crippen molar-refractivity contribution in [3.05, 3.63) is 0 Å². The summed E-state index contributed by atoms with van der Waals surface area (Å²) in [6, 6.07) is 0. The molecule has 0 fully saturated rings. The molecule has 0 aliphatic carbocycles. The Balaban J connectivity index is -0.0000000896. The van der Waals surface area contributed by atoms with Crippen LogP contribution in [0.3, 0.4) is 0 Å². The molecule has 10 heteroatoms. The van der Waals surface area contributed by atoms with Gasteiger partial charge in [0.05, 0.1) is 0 Å². The van der Waals surface area contributed by atoms with Gasteiger partial charge in [-0.3, -0.25) is 9.13 Å². The largest absolute Gasteiger partial charge is 0.396 e. The molecule has 0 aromatic rings. The Morgan fingerprint density at radius 1 is 0.941 bits per heavy atom. The fourth-order valence-corrected chi connectivity index (χ4v) is 1.39. The van der Waals surface area contributed by atoms with Crippen LogP contribution in [0.1, 0.15) is 39.0 Å². The molecule has 9 N–H and O–H groups in total. The van der Waals surface area contributed by atoms with E-state index in [4.69, 9.17) is 14.9 Å². The molecule has 2 unspecified atom stereocenters. The van der Waals surface area contributed by atoms with Crippen molar-refractivity contribution in [3.8, 4) is 0 Å². The predicted molar refractivity (Wildman–Crippen MR) is 69.4 cm³/mol. The van der Waals surface area contributed by atoms with Crippen LogP contribution >= 0.6 is 16.5 Å². The first-order valence-electron chi connectivity index (χ1n) is 4.79. The molecule has 2 atom stereocenters. The maximum atomic E-state index is 9.44. The van der Waals surface area contributed by atoms with Crippen LogP contribution in [0.2, 0.25) is 0 Å². The van der Waals surface area contributed by atoms with Crippen LogP contribution in [0, 0.1) is 0 Å². The number of rotatable bonds is 7. The van der Waals surface area contributed by atoms with E-state index < -0.39 is 16.5 Å². The van der Waals surface area contributed by atoms with Gasteiger partial charge in [0.1, 0.15) is 0 Å². The number of hydrogen-bond donors (Lipinski definition) is 5. The van der Waals surface area contributed by atoms with Gasteiger partial charge >= 0.3 is 16.5 Å². The third-order valence-corrected chi connectivity index (χ3v) is 2.83. The third-order valence-electron chi connectivity index (χ3n) is 1.44. The SMILES string of the molecule is CCCCCCCO.N.N.O=[PH](O)O[PH](=O)O. The quantitative estimate of drug-likeness (QED) is 0.350. The van der Waals surface area contributed by atoms with Crippen LogP contribution in [0.25, 0.3) is 0 Å². The van der Waals surface area contributed by atoms with Crippen molar-refractivity contribution in [2.75, 3.05) is 6.61 Å². The molecule has 0 saturated heterocycles. The van der Waals surface area contributed by atoms with Gasteiger partial charge in [0, 0.05) is 6.61 Å². The summed E-state index contributed by atoms with van der Waals surface area (Å²) >= 11 is 0. The fourth-order valence-electron chi connectivity index (χ4n) is 0.790. The number of unbranched alkanes of at least 4 members (excludes halogenated alkanes) is 4. The summed E-state index contributed by atoms with van der Waals surface area (Å²) in [4.78, 5) is 15.4. The Morgan fingerprint density at radius 3 is 1.59 bits per heavy atom. The van der Waals surface area contributed by atoms with Gasteiger partial charge in [-0.1, -0.05) is 32.6 Å². The van der Waals surface area contributed by atoms with Crippen LogP contribution < -0.4 is 12.3 Å². The normalized spacial score (nSPS) is 12.2. The summed E-state index contributed by atoms with van der Waals surface area (Å²) in [5, 5.41) is 8.37. The molecule has 0 aliphatic heterocycles. The van der Waals surface area contributed by atoms with Gasteiger partial charge in [0.25, 0.3) is 0 Å². The van der Waals surface area contributed by atoms with Gasteiger partial charge in [0.15, 0.2) is 0 Å². The van der Waals surface area contributed by atoms with Gasteiger partial charge in [-0.15, -0.1) is 0 Å². The Hall–Kier alpha value is 0.220. The lowest BCUT2D eigenvalue weighted by molar-refractivity contribution is 0.282. The van der Waals surface area contributed by atoms with Crippen LogP contribution in [0.15, 0.2) is 0 Å². The summed E-state index contributed by atoms with van der Waals surface area (Å²) in [5.74, 6) is 0. The molecule has 0 aliphatic rings. The molecular formula is C7H26N2O6P2. The smallest absolute Gasteiger partial charge is 0.323 e. The molecule has 17 heavy (non-hydrogen) atoms. The third kappa shape index (κ3) is 38.6. The zero-order valence-electron chi connectivity index (χ0n) is 10.2. The second-order valence-corrected chi connectivity index (χ2v) is 4.65. The number of aliphatic hydroxyl groups is 1. The molecule has 0 bridgehead atoms. The molecule has 0 amide bonds. The molecule has 0 heterocycles. The summed E-state index contributed by atoms with van der Waals surface area (Å²) < 4.78 is 22.3. The second-order valence-electron chi connectivity index (χ2n) is 2.77. The Labute approximate surface area is 103 Å². The molecule has 0 aromatic heterocycles. The number of hydrogen-bond acceptors (Lipinski definition) is 6. The molecule has 0 saturated carbocycles. The van der Waals surface area contributed by atoms with Crippen molar-refractivity contribution in [2.24, 2.45) is 0 Å². The lowest BCUT2D eigenvalue weighted by Gasteiger charge is -1.93. The first-order chi connectivity index (χ1) is 7.04. The lowest BCUT2D eigenvalue weighted by Crippen LogP contribution is -1.81. The van der Waals surface area contributed by atoms with Crippen molar-refractivity contribution in [3.63, 3.8) is 0 Å². The van der Waals surface area contributed by atoms with E-state index in [2.05, 4.69) is 11.2 Å². The predicted octanol–water partition coefficient (Wildman–Crippen LogP) is 2.04. The highest BCUT2D eigenvalue weighted by Crippen LogP contribution is 2.30. The molecule has 0 radical (unpaired) electrons. The van der Waals surface area contributed by atoms with E-state index in [0.717, 1.165) is 6.42 Å². The van der Waals surface area contributed by atoms with Gasteiger partial charge in [-0.25, -0.2) is 4.31 Å². The molecular weight excluding hydrogens is 270 g/mol. The monoisotopic (exact) mass is 296 g/mol. The van der Waals surface area contributed by atoms with Crippen LogP contribution in [0.5, 0.6) is 0 Å². The van der Waals surface area contributed by atoms with Crippen molar-refractivity contribution < 1.29 is 28.3 Å². The lowest BCUT2D eigenvalue weighted by atomic mass is 10.2. The van der Waals surface area contributed by atoms with E-state index in [1.54, 1.807) is 0 Å². The van der Waals surface area contributed by atoms with Crippen LogP contribution in [0.4, 0.5) is 0 Å². The van der Waals surface area contributed by atoms with E-state index in [0.29, 0.717) is 6.61 Å². The zero-order chi connectivity index (χ0) is 12.1. The van der Waals surface area contributed by atoms with E-state index in [1.807, 2.05) is 0 Å². The van der Waals surface area contributed by atoms with Gasteiger partial charge in [0.2, 0.25) is 0 Å². The molecule has 8 nitrogen and oxygen atoms in total. The minimum absolute atomic E-state index is 0.